The van der Waals surface area contributed by atoms with Crippen LogP contribution in [0.4, 0.5) is 0 Å². The second kappa shape index (κ2) is 6.24. The van der Waals surface area contributed by atoms with Gasteiger partial charge in [0.1, 0.15) is 0 Å². The quantitative estimate of drug-likeness (QED) is 0.782. The molecule has 23 heavy (non-hydrogen) atoms. The van der Waals surface area contributed by atoms with Gasteiger partial charge >= 0.3 is 0 Å². The van der Waals surface area contributed by atoms with Crippen molar-refractivity contribution >= 4 is 22.6 Å². The summed E-state index contributed by atoms with van der Waals surface area (Å²) in [6.07, 6.45) is 3.41. The van der Waals surface area contributed by atoms with Crippen molar-refractivity contribution in [1.82, 2.24) is 15.3 Å². The summed E-state index contributed by atoms with van der Waals surface area (Å²) >= 11 is 6.34. The number of hydrogen-bond donors (Lipinski definition) is 1. The van der Waals surface area contributed by atoms with Crippen molar-refractivity contribution < 1.29 is 4.74 Å². The van der Waals surface area contributed by atoms with E-state index in [0.717, 1.165) is 45.9 Å². The van der Waals surface area contributed by atoms with Crippen LogP contribution in [-0.4, -0.2) is 29.7 Å². The topological polar surface area (TPSA) is 47.0 Å². The number of nitrogens with zero attached hydrogens (tertiary/aromatic N) is 2. The fourth-order valence-corrected chi connectivity index (χ4v) is 3.15. The first-order valence-corrected chi connectivity index (χ1v) is 8.00. The van der Waals surface area contributed by atoms with Crippen LogP contribution in [0.5, 0.6) is 0 Å². The van der Waals surface area contributed by atoms with E-state index in [2.05, 4.69) is 27.4 Å². The van der Waals surface area contributed by atoms with Crippen LogP contribution in [0, 0.1) is 0 Å². The molecule has 1 fully saturated rings. The zero-order valence-corrected chi connectivity index (χ0v) is 13.3. The van der Waals surface area contributed by atoms with E-state index in [-0.39, 0.29) is 6.04 Å². The number of ether oxygens (including phenoxy) is 1. The normalized spacial score (nSPS) is 18.2. The Morgan fingerprint density at radius 1 is 1.00 bits per heavy atom. The molecule has 1 unspecified atom stereocenters. The van der Waals surface area contributed by atoms with E-state index in [1.165, 1.54) is 0 Å². The Balaban J connectivity index is 1.76. The van der Waals surface area contributed by atoms with Crippen LogP contribution >= 0.6 is 11.6 Å². The fourth-order valence-electron chi connectivity index (χ4n) is 2.90. The van der Waals surface area contributed by atoms with Crippen molar-refractivity contribution in [2.45, 2.75) is 6.04 Å². The fraction of sp³-hybridized carbons (Fsp3) is 0.222. The summed E-state index contributed by atoms with van der Waals surface area (Å²) in [5, 5.41) is 4.19. The van der Waals surface area contributed by atoms with Gasteiger partial charge in [-0.15, -0.1) is 0 Å². The van der Waals surface area contributed by atoms with Crippen molar-refractivity contribution in [3.05, 3.63) is 59.4 Å². The van der Waals surface area contributed by atoms with Crippen molar-refractivity contribution in [1.29, 1.82) is 0 Å². The average molecular weight is 326 g/mol. The number of benzene rings is 2. The van der Waals surface area contributed by atoms with E-state index in [0.29, 0.717) is 6.61 Å². The second-order valence-corrected chi connectivity index (χ2v) is 6.05. The highest BCUT2D eigenvalue weighted by atomic mass is 35.5. The molecule has 2 aromatic carbocycles. The highest BCUT2D eigenvalue weighted by molar-refractivity contribution is 6.31. The van der Waals surface area contributed by atoms with Crippen molar-refractivity contribution in [3.63, 3.8) is 0 Å². The van der Waals surface area contributed by atoms with Gasteiger partial charge in [-0.25, -0.2) is 0 Å². The van der Waals surface area contributed by atoms with E-state index in [4.69, 9.17) is 16.3 Å². The van der Waals surface area contributed by atoms with E-state index < -0.39 is 0 Å². The number of fused-ring (bicyclic) bond motifs is 1. The van der Waals surface area contributed by atoms with Crippen LogP contribution in [0.3, 0.4) is 0 Å². The maximum Gasteiger partial charge on any atom is 0.0892 e. The zero-order chi connectivity index (χ0) is 15.6. The Bertz CT molecular complexity index is 847. The largest absolute Gasteiger partial charge is 0.378 e. The van der Waals surface area contributed by atoms with Crippen molar-refractivity contribution in [2.75, 3.05) is 19.8 Å². The van der Waals surface area contributed by atoms with Crippen LogP contribution < -0.4 is 5.32 Å². The summed E-state index contributed by atoms with van der Waals surface area (Å²) in [6, 6.07) is 12.4. The molecule has 0 bridgehead atoms. The predicted molar refractivity (Wildman–Crippen MR) is 91.5 cm³/mol. The third-order valence-electron chi connectivity index (χ3n) is 4.05. The van der Waals surface area contributed by atoms with Gasteiger partial charge in [0, 0.05) is 24.0 Å². The zero-order valence-electron chi connectivity index (χ0n) is 12.5. The van der Waals surface area contributed by atoms with Crippen molar-refractivity contribution in [2.24, 2.45) is 0 Å². The van der Waals surface area contributed by atoms with Gasteiger partial charge in [-0.2, -0.15) is 0 Å². The first kappa shape index (κ1) is 14.6. The SMILES string of the molecule is Clc1cc(-c2ccc3nccnc3c2)cc(C2COCCN2)c1. The summed E-state index contributed by atoms with van der Waals surface area (Å²) in [4.78, 5) is 8.68. The summed E-state index contributed by atoms with van der Waals surface area (Å²) in [7, 11) is 0. The monoisotopic (exact) mass is 325 g/mol. The van der Waals surface area contributed by atoms with Gasteiger partial charge in [0.2, 0.25) is 0 Å². The lowest BCUT2D eigenvalue weighted by Crippen LogP contribution is -2.34. The van der Waals surface area contributed by atoms with Gasteiger partial charge in [0.15, 0.2) is 0 Å². The molecule has 0 aliphatic carbocycles. The minimum atomic E-state index is 0.182. The molecule has 1 aliphatic rings. The number of morpholine rings is 1. The molecule has 1 aliphatic heterocycles. The molecule has 4 rings (SSSR count). The van der Waals surface area contributed by atoms with E-state index in [1.807, 2.05) is 24.3 Å². The van der Waals surface area contributed by atoms with Gasteiger partial charge in [-0.1, -0.05) is 17.7 Å². The molecule has 1 saturated heterocycles. The smallest absolute Gasteiger partial charge is 0.0892 e. The van der Waals surface area contributed by atoms with Gasteiger partial charge in [0.05, 0.1) is 30.3 Å². The van der Waals surface area contributed by atoms with Crippen LogP contribution in [0.15, 0.2) is 48.8 Å². The molecular formula is C18H16ClN3O. The summed E-state index contributed by atoms with van der Waals surface area (Å²) in [6.45, 7) is 2.29. The summed E-state index contributed by atoms with van der Waals surface area (Å²) in [5.41, 5.74) is 5.07. The van der Waals surface area contributed by atoms with E-state index in [1.54, 1.807) is 12.4 Å². The van der Waals surface area contributed by atoms with Crippen molar-refractivity contribution in [3.8, 4) is 11.1 Å². The summed E-state index contributed by atoms with van der Waals surface area (Å²) < 4.78 is 5.56. The molecule has 1 atom stereocenters. The molecule has 0 spiro atoms. The molecule has 0 amide bonds. The number of halogens is 1. The lowest BCUT2D eigenvalue weighted by Gasteiger charge is -2.24. The Kier molecular flexibility index (Phi) is 3.95. The maximum atomic E-state index is 6.34. The Morgan fingerprint density at radius 2 is 1.87 bits per heavy atom. The number of hydrogen-bond acceptors (Lipinski definition) is 4. The Hall–Kier alpha value is -2.01. The molecule has 4 nitrogen and oxygen atoms in total. The molecule has 1 N–H and O–H groups in total. The third kappa shape index (κ3) is 3.06. The Morgan fingerprint density at radius 3 is 2.70 bits per heavy atom. The molecule has 2 heterocycles. The van der Waals surface area contributed by atoms with E-state index in [9.17, 15) is 0 Å². The lowest BCUT2D eigenvalue weighted by molar-refractivity contribution is 0.0769. The molecule has 0 saturated carbocycles. The minimum absolute atomic E-state index is 0.182. The number of rotatable bonds is 2. The molecule has 3 aromatic rings. The summed E-state index contributed by atoms with van der Waals surface area (Å²) in [5.74, 6) is 0. The first-order chi connectivity index (χ1) is 11.3. The Labute approximate surface area is 139 Å². The van der Waals surface area contributed by atoms with Gasteiger partial charge in [-0.3, -0.25) is 9.97 Å². The maximum absolute atomic E-state index is 6.34. The van der Waals surface area contributed by atoms with Gasteiger partial charge in [0.25, 0.3) is 0 Å². The first-order valence-electron chi connectivity index (χ1n) is 7.62. The molecule has 5 heteroatoms. The minimum Gasteiger partial charge on any atom is -0.378 e. The molecule has 116 valence electrons. The van der Waals surface area contributed by atoms with Crippen LogP contribution in [0.2, 0.25) is 5.02 Å². The van der Waals surface area contributed by atoms with Crippen LogP contribution in [0.1, 0.15) is 11.6 Å². The highest BCUT2D eigenvalue weighted by Gasteiger charge is 2.16. The predicted octanol–water partition coefficient (Wildman–Crippen LogP) is 3.61. The van der Waals surface area contributed by atoms with Crippen LogP contribution in [0.25, 0.3) is 22.2 Å². The number of aromatic nitrogens is 2. The molecule has 1 aromatic heterocycles. The average Bonchev–Trinajstić information content (AvgIpc) is 2.61. The molecule has 0 radical (unpaired) electrons. The highest BCUT2D eigenvalue weighted by Crippen LogP contribution is 2.29. The van der Waals surface area contributed by atoms with Gasteiger partial charge in [-0.05, 0) is 47.0 Å². The van der Waals surface area contributed by atoms with Crippen LogP contribution in [-0.2, 0) is 4.74 Å². The lowest BCUT2D eigenvalue weighted by atomic mass is 9.99. The van der Waals surface area contributed by atoms with E-state index >= 15 is 0 Å². The standard InChI is InChI=1S/C18H16ClN3O/c19-15-8-13(7-14(9-15)18-11-23-6-5-22-18)12-1-2-16-17(10-12)21-4-3-20-16/h1-4,7-10,18,22H,5-6,11H2. The molecular weight excluding hydrogens is 310 g/mol. The second-order valence-electron chi connectivity index (χ2n) is 5.61. The van der Waals surface area contributed by atoms with Gasteiger partial charge < -0.3 is 10.1 Å². The third-order valence-corrected chi connectivity index (χ3v) is 4.27. The number of nitrogens with one attached hydrogen (secondary N) is 1.